The maximum Gasteiger partial charge on any atom is 0.291 e. The largest absolute Gasteiger partial charge is 0.355 e. The molecular formula is C20H25F2N7O2S2. The second-order valence-corrected chi connectivity index (χ2v) is 11.9. The average molecular weight is 498 g/mol. The topological polar surface area (TPSA) is 105 Å². The minimum absolute atomic E-state index is 0.109. The fraction of sp³-hybridized carbons (Fsp3) is 0.550. The van der Waals surface area contributed by atoms with Crippen LogP contribution in [-0.4, -0.2) is 58.7 Å². The van der Waals surface area contributed by atoms with Gasteiger partial charge < -0.3 is 10.2 Å². The molecule has 0 bridgehead atoms. The summed E-state index contributed by atoms with van der Waals surface area (Å²) in [6.07, 6.45) is 0.414. The van der Waals surface area contributed by atoms with Gasteiger partial charge in [-0.3, -0.25) is 4.40 Å². The maximum absolute atomic E-state index is 13.3. The van der Waals surface area contributed by atoms with E-state index in [-0.39, 0.29) is 22.0 Å². The lowest BCUT2D eigenvalue weighted by Gasteiger charge is -2.38. The number of anilines is 1. The first-order chi connectivity index (χ1) is 15.5. The van der Waals surface area contributed by atoms with Crippen LogP contribution in [-0.2, 0) is 10.0 Å². The molecule has 178 valence electrons. The Hall–Kier alpha value is -2.22. The van der Waals surface area contributed by atoms with E-state index in [9.17, 15) is 17.2 Å². The van der Waals surface area contributed by atoms with E-state index in [1.54, 1.807) is 16.8 Å². The standard InChI is InChI=1S/C20H25F2N7O2S2/c1-11-8-28(9-12(2)24-11)15-7-13(33(30,31)27-20(3)4-5-20)6-14-16(23-10-29(14)15)18-25-26-19(32-18)17(21)22/h6-7,10-12,17,24,27H,4-5,8-9H2,1-3H3/t11-,12-/m0/s1. The Morgan fingerprint density at radius 1 is 1.21 bits per heavy atom. The Morgan fingerprint density at radius 2 is 1.91 bits per heavy atom. The van der Waals surface area contributed by atoms with Crippen LogP contribution in [0.4, 0.5) is 14.6 Å². The zero-order valence-corrected chi connectivity index (χ0v) is 20.1. The van der Waals surface area contributed by atoms with Gasteiger partial charge in [-0.15, -0.1) is 10.2 Å². The van der Waals surface area contributed by atoms with Crippen LogP contribution in [0.15, 0.2) is 23.4 Å². The molecule has 2 N–H and O–H groups in total. The lowest BCUT2D eigenvalue weighted by Crippen LogP contribution is -2.54. The summed E-state index contributed by atoms with van der Waals surface area (Å²) in [5.74, 6) is 0.673. The number of hydrogen-bond acceptors (Lipinski definition) is 8. The third-order valence-electron chi connectivity index (χ3n) is 6.00. The van der Waals surface area contributed by atoms with Crippen LogP contribution in [0.1, 0.15) is 45.0 Å². The fourth-order valence-corrected chi connectivity index (χ4v) is 6.42. The SMILES string of the molecule is C[C@H]1CN(c2cc(S(=O)(=O)NC3(C)CC3)cc3c(-c4nnc(C(F)F)s4)ncn23)C[C@H](C)N1. The monoisotopic (exact) mass is 497 g/mol. The van der Waals surface area contributed by atoms with Gasteiger partial charge >= 0.3 is 0 Å². The molecule has 4 heterocycles. The van der Waals surface area contributed by atoms with E-state index < -0.39 is 27.0 Å². The van der Waals surface area contributed by atoms with Crippen molar-refractivity contribution < 1.29 is 17.2 Å². The van der Waals surface area contributed by atoms with Gasteiger partial charge in [0.15, 0.2) is 10.0 Å². The van der Waals surface area contributed by atoms with Crippen molar-refractivity contribution in [3.63, 3.8) is 0 Å². The molecule has 0 aromatic carbocycles. The number of hydrogen-bond donors (Lipinski definition) is 2. The van der Waals surface area contributed by atoms with Gasteiger partial charge in [0.05, 0.1) is 10.4 Å². The third kappa shape index (κ3) is 4.34. The number of halogens is 2. The molecule has 33 heavy (non-hydrogen) atoms. The molecule has 2 atom stereocenters. The molecule has 3 aromatic rings. The smallest absolute Gasteiger partial charge is 0.291 e. The predicted molar refractivity (Wildman–Crippen MR) is 121 cm³/mol. The molecule has 0 radical (unpaired) electrons. The fourth-order valence-electron chi connectivity index (χ4n) is 4.22. The quantitative estimate of drug-likeness (QED) is 0.540. The minimum atomic E-state index is -3.81. The summed E-state index contributed by atoms with van der Waals surface area (Å²) in [5.41, 5.74) is 0.369. The normalized spacial score (nSPS) is 22.9. The highest BCUT2D eigenvalue weighted by Crippen LogP contribution is 2.38. The zero-order valence-electron chi connectivity index (χ0n) is 18.4. The highest BCUT2D eigenvalue weighted by molar-refractivity contribution is 7.89. The number of pyridine rings is 1. The van der Waals surface area contributed by atoms with Crippen LogP contribution in [0, 0.1) is 0 Å². The number of aromatic nitrogens is 4. The van der Waals surface area contributed by atoms with E-state index in [1.807, 2.05) is 6.92 Å². The van der Waals surface area contributed by atoms with Crippen LogP contribution >= 0.6 is 11.3 Å². The highest BCUT2D eigenvalue weighted by Gasteiger charge is 2.41. The van der Waals surface area contributed by atoms with Crippen molar-refractivity contribution in [3.8, 4) is 10.7 Å². The molecule has 1 saturated carbocycles. The number of nitrogens with one attached hydrogen (secondary N) is 2. The van der Waals surface area contributed by atoms with E-state index in [0.717, 1.165) is 24.2 Å². The Morgan fingerprint density at radius 3 is 2.52 bits per heavy atom. The molecule has 0 spiro atoms. The highest BCUT2D eigenvalue weighted by atomic mass is 32.2. The Bertz CT molecular complexity index is 1290. The Balaban J connectivity index is 1.67. The van der Waals surface area contributed by atoms with Crippen LogP contribution in [0.2, 0.25) is 0 Å². The summed E-state index contributed by atoms with van der Waals surface area (Å²) < 4.78 is 57.3. The van der Waals surface area contributed by atoms with Crippen molar-refractivity contribution in [2.24, 2.45) is 0 Å². The van der Waals surface area contributed by atoms with E-state index in [2.05, 4.69) is 44.0 Å². The van der Waals surface area contributed by atoms with E-state index in [4.69, 9.17) is 0 Å². The van der Waals surface area contributed by atoms with E-state index in [0.29, 0.717) is 30.1 Å². The lowest BCUT2D eigenvalue weighted by molar-refractivity contribution is 0.150. The summed E-state index contributed by atoms with van der Waals surface area (Å²) >= 11 is 0.752. The number of nitrogens with zero attached hydrogens (tertiary/aromatic N) is 5. The van der Waals surface area contributed by atoms with Gasteiger partial charge in [0.1, 0.15) is 17.8 Å². The number of rotatable bonds is 6. The molecule has 5 rings (SSSR count). The summed E-state index contributed by atoms with van der Waals surface area (Å²) in [7, 11) is -3.81. The van der Waals surface area contributed by atoms with E-state index in [1.165, 1.54) is 6.07 Å². The van der Waals surface area contributed by atoms with Crippen LogP contribution in [0.5, 0.6) is 0 Å². The second kappa shape index (κ2) is 7.93. The van der Waals surface area contributed by atoms with Crippen LogP contribution in [0.25, 0.3) is 16.2 Å². The Kier molecular flexibility index (Phi) is 5.42. The second-order valence-electron chi connectivity index (χ2n) is 9.18. The minimum Gasteiger partial charge on any atom is -0.355 e. The lowest BCUT2D eigenvalue weighted by atomic mass is 10.1. The predicted octanol–water partition coefficient (Wildman–Crippen LogP) is 2.81. The third-order valence-corrected chi connectivity index (χ3v) is 8.56. The number of imidazole rings is 1. The summed E-state index contributed by atoms with van der Waals surface area (Å²) in [5, 5.41) is 10.7. The van der Waals surface area contributed by atoms with Crippen molar-refractivity contribution in [2.45, 2.75) is 62.6 Å². The van der Waals surface area contributed by atoms with Gasteiger partial charge in [0.2, 0.25) is 10.0 Å². The van der Waals surface area contributed by atoms with E-state index >= 15 is 0 Å². The van der Waals surface area contributed by atoms with Gasteiger partial charge in [-0.05, 0) is 45.7 Å². The molecule has 13 heteroatoms. The van der Waals surface area contributed by atoms with Gasteiger partial charge in [-0.25, -0.2) is 26.9 Å². The molecule has 1 saturated heterocycles. The summed E-state index contributed by atoms with van der Waals surface area (Å²) in [6.45, 7) is 7.37. The maximum atomic E-state index is 13.3. The summed E-state index contributed by atoms with van der Waals surface area (Å²) in [6, 6.07) is 3.58. The van der Waals surface area contributed by atoms with Crippen LogP contribution in [0.3, 0.4) is 0 Å². The molecule has 2 fully saturated rings. The Labute approximate surface area is 194 Å². The zero-order chi connectivity index (χ0) is 23.5. The average Bonchev–Trinajstić information content (AvgIpc) is 3.14. The molecule has 1 aliphatic heterocycles. The molecule has 2 aliphatic rings. The van der Waals surface area contributed by atoms with Gasteiger partial charge in [-0.1, -0.05) is 11.3 Å². The number of alkyl halides is 2. The molecular weight excluding hydrogens is 472 g/mol. The number of fused-ring (bicyclic) bond motifs is 1. The van der Waals surface area contributed by atoms with Gasteiger partial charge in [0.25, 0.3) is 6.43 Å². The van der Waals surface area contributed by atoms with Gasteiger partial charge in [0, 0.05) is 30.7 Å². The molecule has 0 amide bonds. The molecule has 3 aromatic heterocycles. The summed E-state index contributed by atoms with van der Waals surface area (Å²) in [4.78, 5) is 6.64. The first-order valence-electron chi connectivity index (χ1n) is 10.7. The first kappa shape index (κ1) is 22.6. The number of piperazine rings is 1. The first-order valence-corrected chi connectivity index (χ1v) is 13.0. The molecule has 0 unspecified atom stereocenters. The number of sulfonamides is 1. The van der Waals surface area contributed by atoms with Gasteiger partial charge in [-0.2, -0.15) is 0 Å². The van der Waals surface area contributed by atoms with Crippen molar-refractivity contribution in [1.82, 2.24) is 29.6 Å². The molecule has 9 nitrogen and oxygen atoms in total. The van der Waals surface area contributed by atoms with Crippen molar-refractivity contribution >= 4 is 32.7 Å². The molecule has 1 aliphatic carbocycles. The van der Waals surface area contributed by atoms with Crippen molar-refractivity contribution in [3.05, 3.63) is 23.5 Å². The van der Waals surface area contributed by atoms with Crippen molar-refractivity contribution in [1.29, 1.82) is 0 Å². The van der Waals surface area contributed by atoms with Crippen LogP contribution < -0.4 is 14.9 Å². The van der Waals surface area contributed by atoms with Crippen molar-refractivity contribution in [2.75, 3.05) is 18.0 Å².